The van der Waals surface area contributed by atoms with Crippen molar-refractivity contribution in [1.29, 1.82) is 5.26 Å². The number of nitrogens with two attached hydrogens (primary N) is 1. The van der Waals surface area contributed by atoms with Crippen LogP contribution in [0.2, 0.25) is 0 Å². The second-order valence-electron chi connectivity index (χ2n) is 11.0. The van der Waals surface area contributed by atoms with Gasteiger partial charge in [-0.1, -0.05) is 6.92 Å². The van der Waals surface area contributed by atoms with E-state index >= 15 is 0 Å². The van der Waals surface area contributed by atoms with Crippen molar-refractivity contribution in [2.24, 2.45) is 18.4 Å². The van der Waals surface area contributed by atoms with Crippen LogP contribution in [0.25, 0.3) is 11.3 Å². The van der Waals surface area contributed by atoms with Crippen LogP contribution in [0.3, 0.4) is 0 Å². The minimum Gasteiger partial charge on any atom is -0.489 e. The maximum atomic E-state index is 12.9. The number of nitriles is 1. The van der Waals surface area contributed by atoms with Crippen LogP contribution in [0.15, 0.2) is 24.8 Å². The third kappa shape index (κ3) is 6.82. The van der Waals surface area contributed by atoms with Crippen LogP contribution in [0.1, 0.15) is 56.6 Å². The number of carbonyl (C=O) groups excluding carboxylic acids is 1. The molecule has 2 fully saturated rings. The number of nitrogen functional groups attached to an aromatic ring is 1. The van der Waals surface area contributed by atoms with Gasteiger partial charge >= 0.3 is 6.01 Å². The number of hydrogen-bond donors (Lipinski definition) is 2. The van der Waals surface area contributed by atoms with E-state index in [2.05, 4.69) is 36.3 Å². The number of amides is 1. The van der Waals surface area contributed by atoms with Crippen LogP contribution >= 0.6 is 0 Å². The molecule has 216 valence electrons. The largest absolute Gasteiger partial charge is 0.489 e. The molecular formula is C28H36N10O3. The summed E-state index contributed by atoms with van der Waals surface area (Å²) in [5, 5.41) is 12.3. The lowest BCUT2D eigenvalue weighted by Crippen LogP contribution is -2.38. The molecule has 1 saturated heterocycles. The van der Waals surface area contributed by atoms with Gasteiger partial charge in [-0.2, -0.15) is 20.2 Å². The van der Waals surface area contributed by atoms with Gasteiger partial charge in [0.05, 0.1) is 30.1 Å². The van der Waals surface area contributed by atoms with E-state index in [1.807, 2.05) is 42.6 Å². The van der Waals surface area contributed by atoms with Crippen molar-refractivity contribution < 1.29 is 14.3 Å². The van der Waals surface area contributed by atoms with Gasteiger partial charge in [-0.15, -0.1) is 0 Å². The predicted molar refractivity (Wildman–Crippen MR) is 151 cm³/mol. The number of piperidine rings is 1. The summed E-state index contributed by atoms with van der Waals surface area (Å²) in [5.41, 5.74) is 7.24. The van der Waals surface area contributed by atoms with Crippen molar-refractivity contribution in [2.45, 2.75) is 52.0 Å². The smallest absolute Gasteiger partial charge is 0.322 e. The van der Waals surface area contributed by atoms with E-state index in [1.54, 1.807) is 12.5 Å². The SMILES string of the molecule is CC[C@@H](C)NC(=O)c1nc(OCC2(C#N)CC2)nc(N2CCC(COc3cc(-c4cn(C)cn4)cnc3N)CC2)n1. The number of hydrogen-bond acceptors (Lipinski definition) is 11. The van der Waals surface area contributed by atoms with Gasteiger partial charge in [-0.25, -0.2) is 9.97 Å². The summed E-state index contributed by atoms with van der Waals surface area (Å²) in [4.78, 5) is 36.8. The van der Waals surface area contributed by atoms with Gasteiger partial charge < -0.3 is 30.0 Å². The lowest BCUT2D eigenvalue weighted by atomic mass is 9.98. The van der Waals surface area contributed by atoms with Crippen molar-refractivity contribution in [3.8, 4) is 29.1 Å². The number of anilines is 2. The summed E-state index contributed by atoms with van der Waals surface area (Å²) >= 11 is 0. The molecule has 1 saturated carbocycles. The maximum absolute atomic E-state index is 12.9. The zero-order chi connectivity index (χ0) is 29.0. The van der Waals surface area contributed by atoms with Crippen LogP contribution in [0.5, 0.6) is 11.8 Å². The van der Waals surface area contributed by atoms with Crippen molar-refractivity contribution >= 4 is 17.7 Å². The van der Waals surface area contributed by atoms with Crippen molar-refractivity contribution in [3.05, 3.63) is 30.6 Å². The molecule has 13 nitrogen and oxygen atoms in total. The van der Waals surface area contributed by atoms with E-state index in [0.717, 1.165) is 43.4 Å². The average Bonchev–Trinajstić information content (AvgIpc) is 3.65. The Hall–Kier alpha value is -4.47. The first-order valence-corrected chi connectivity index (χ1v) is 14.0. The molecule has 3 N–H and O–H groups in total. The molecule has 0 radical (unpaired) electrons. The average molecular weight is 561 g/mol. The Morgan fingerprint density at radius 1 is 1.24 bits per heavy atom. The molecule has 1 aliphatic carbocycles. The summed E-state index contributed by atoms with van der Waals surface area (Å²) < 4.78 is 13.8. The Labute approximate surface area is 239 Å². The minimum absolute atomic E-state index is 0.00771. The molecule has 41 heavy (non-hydrogen) atoms. The van der Waals surface area contributed by atoms with E-state index in [-0.39, 0.29) is 30.4 Å². The fourth-order valence-electron chi connectivity index (χ4n) is 4.47. The Morgan fingerprint density at radius 3 is 2.68 bits per heavy atom. The van der Waals surface area contributed by atoms with Crippen LogP contribution in [-0.2, 0) is 7.05 Å². The number of pyridine rings is 1. The van der Waals surface area contributed by atoms with E-state index < -0.39 is 5.41 Å². The summed E-state index contributed by atoms with van der Waals surface area (Å²) in [6.45, 7) is 5.95. The lowest BCUT2D eigenvalue weighted by molar-refractivity contribution is 0.0926. The minimum atomic E-state index is -0.486. The van der Waals surface area contributed by atoms with Gasteiger partial charge in [0.2, 0.25) is 11.8 Å². The fourth-order valence-corrected chi connectivity index (χ4v) is 4.47. The highest BCUT2D eigenvalue weighted by Crippen LogP contribution is 2.44. The number of rotatable bonds is 11. The lowest BCUT2D eigenvalue weighted by Gasteiger charge is -2.32. The van der Waals surface area contributed by atoms with Gasteiger partial charge in [-0.05, 0) is 51.0 Å². The molecular weight excluding hydrogens is 524 g/mol. The molecule has 2 aliphatic rings. The first kappa shape index (κ1) is 28.1. The summed E-state index contributed by atoms with van der Waals surface area (Å²) in [7, 11) is 1.91. The van der Waals surface area contributed by atoms with E-state index in [1.165, 1.54) is 0 Å². The molecule has 3 aromatic rings. The van der Waals surface area contributed by atoms with Gasteiger partial charge in [0.15, 0.2) is 11.6 Å². The predicted octanol–water partition coefficient (Wildman–Crippen LogP) is 2.76. The fraction of sp³-hybridized carbons (Fsp3) is 0.536. The standard InChI is InChI=1S/C28H36N10O3/c1-4-18(2)33-25(39)24-34-26(36-27(35-24)41-16-28(15-29)7-8-28)38-9-5-19(6-10-38)14-40-22-11-20(12-31-23(22)30)21-13-37(3)17-32-21/h11-13,17-19H,4-10,14,16H2,1-3H3,(H2,30,31)(H,33,39)/t18-/m1/s1. The number of carbonyl (C=O) groups is 1. The third-order valence-electron chi connectivity index (χ3n) is 7.62. The van der Waals surface area contributed by atoms with Crippen LogP contribution in [0.4, 0.5) is 11.8 Å². The maximum Gasteiger partial charge on any atom is 0.322 e. The molecule has 0 unspecified atom stereocenters. The van der Waals surface area contributed by atoms with E-state index in [9.17, 15) is 10.1 Å². The van der Waals surface area contributed by atoms with Gasteiger partial charge in [0.1, 0.15) is 6.61 Å². The molecule has 1 amide bonds. The van der Waals surface area contributed by atoms with Crippen LogP contribution < -0.4 is 25.4 Å². The first-order valence-electron chi connectivity index (χ1n) is 14.0. The van der Waals surface area contributed by atoms with Crippen LogP contribution in [0, 0.1) is 22.7 Å². The topological polar surface area (TPSA) is 170 Å². The van der Waals surface area contributed by atoms with Crippen molar-refractivity contribution in [2.75, 3.05) is 36.9 Å². The Morgan fingerprint density at radius 2 is 2.02 bits per heavy atom. The van der Waals surface area contributed by atoms with Gasteiger partial charge in [0.25, 0.3) is 5.91 Å². The quantitative estimate of drug-likeness (QED) is 0.353. The molecule has 0 bridgehead atoms. The number of aryl methyl sites for hydroxylation is 1. The second kappa shape index (κ2) is 12.0. The van der Waals surface area contributed by atoms with Crippen LogP contribution in [-0.4, -0.2) is 67.7 Å². The number of ether oxygens (including phenoxy) is 2. The molecule has 0 aromatic carbocycles. The monoisotopic (exact) mass is 560 g/mol. The molecule has 4 heterocycles. The number of aromatic nitrogens is 6. The number of nitrogens with one attached hydrogen (secondary N) is 1. The Balaban J connectivity index is 1.23. The Bertz CT molecular complexity index is 1420. The van der Waals surface area contributed by atoms with Crippen molar-refractivity contribution in [1.82, 2.24) is 34.8 Å². The number of nitrogens with zero attached hydrogens (tertiary/aromatic N) is 8. The first-order chi connectivity index (χ1) is 19.8. The molecule has 5 rings (SSSR count). The van der Waals surface area contributed by atoms with Gasteiger partial charge in [-0.3, -0.25) is 4.79 Å². The molecule has 13 heteroatoms. The summed E-state index contributed by atoms with van der Waals surface area (Å²) in [5.74, 6) is 1.19. The molecule has 0 spiro atoms. The highest BCUT2D eigenvalue weighted by Gasteiger charge is 2.44. The third-order valence-corrected chi connectivity index (χ3v) is 7.62. The van der Waals surface area contributed by atoms with Crippen molar-refractivity contribution in [3.63, 3.8) is 0 Å². The van der Waals surface area contributed by atoms with E-state index in [4.69, 9.17) is 15.2 Å². The highest BCUT2D eigenvalue weighted by atomic mass is 16.5. The number of imidazole rings is 1. The molecule has 3 aromatic heterocycles. The zero-order valence-corrected chi connectivity index (χ0v) is 23.7. The van der Waals surface area contributed by atoms with E-state index in [0.29, 0.717) is 43.1 Å². The highest BCUT2D eigenvalue weighted by molar-refractivity contribution is 5.90. The van der Waals surface area contributed by atoms with Gasteiger partial charge in [0, 0.05) is 44.1 Å². The molecule has 1 atom stereocenters. The molecule has 1 aliphatic heterocycles. The second-order valence-corrected chi connectivity index (χ2v) is 11.0. The summed E-state index contributed by atoms with van der Waals surface area (Å²) in [6.07, 6.45) is 9.36. The normalized spacial score (nSPS) is 17.0. The zero-order valence-electron chi connectivity index (χ0n) is 23.7. The summed E-state index contributed by atoms with van der Waals surface area (Å²) in [6, 6.07) is 4.21. The Kier molecular flexibility index (Phi) is 8.19.